The first-order valence-electron chi connectivity index (χ1n) is 9.06. The van der Waals surface area contributed by atoms with Gasteiger partial charge in [0.15, 0.2) is 10.8 Å². The molecule has 0 fully saturated rings. The molecule has 30 heavy (non-hydrogen) atoms. The molecular weight excluding hydrogens is 451 g/mol. The second kappa shape index (κ2) is 8.88. The number of aromatic nitrogens is 3. The molecule has 0 bridgehead atoms. The lowest BCUT2D eigenvalue weighted by atomic mass is 10.1. The van der Waals surface area contributed by atoms with Gasteiger partial charge in [0.2, 0.25) is 0 Å². The van der Waals surface area contributed by atoms with Crippen molar-refractivity contribution >= 4 is 46.4 Å². The van der Waals surface area contributed by atoms with Crippen LogP contribution in [-0.2, 0) is 5.92 Å². The van der Waals surface area contributed by atoms with E-state index < -0.39 is 5.92 Å². The van der Waals surface area contributed by atoms with E-state index in [9.17, 15) is 0 Å². The summed E-state index contributed by atoms with van der Waals surface area (Å²) in [5, 5.41) is 1.44. The van der Waals surface area contributed by atoms with Gasteiger partial charge in [0, 0.05) is 10.4 Å². The Hall–Kier alpha value is -2.22. The van der Waals surface area contributed by atoms with E-state index in [4.69, 9.17) is 16.3 Å². The van der Waals surface area contributed by atoms with E-state index in [0.29, 0.717) is 18.1 Å². The van der Waals surface area contributed by atoms with Crippen molar-refractivity contribution in [2.45, 2.75) is 19.8 Å². The average molecular weight is 470 g/mol. The summed E-state index contributed by atoms with van der Waals surface area (Å²) in [4.78, 5) is 11.7. The zero-order valence-corrected chi connectivity index (χ0v) is 18.5. The van der Waals surface area contributed by atoms with Crippen LogP contribution in [0.5, 0.6) is 5.75 Å². The molecule has 1 N–H and O–H groups in total. The second-order valence-electron chi connectivity index (χ2n) is 7.06. The molecule has 0 amide bonds. The van der Waals surface area contributed by atoms with Gasteiger partial charge in [-0.1, -0.05) is 37.6 Å². The van der Waals surface area contributed by atoms with Gasteiger partial charge >= 0.3 is 5.92 Å². The Labute approximate surface area is 187 Å². The van der Waals surface area contributed by atoms with Gasteiger partial charge in [-0.15, -0.1) is 23.7 Å². The van der Waals surface area contributed by atoms with Gasteiger partial charge in [0.25, 0.3) is 0 Å². The van der Waals surface area contributed by atoms with Crippen molar-refractivity contribution in [1.29, 1.82) is 0 Å². The molecule has 0 radical (unpaired) electrons. The lowest BCUT2D eigenvalue weighted by Gasteiger charge is -2.19. The van der Waals surface area contributed by atoms with E-state index >= 15 is 8.78 Å². The number of halogens is 4. The van der Waals surface area contributed by atoms with Gasteiger partial charge in [0.1, 0.15) is 11.4 Å². The van der Waals surface area contributed by atoms with Gasteiger partial charge < -0.3 is 9.72 Å². The molecule has 4 rings (SSSR count). The standard InChI is InChI=1S/C21H18ClF2N3OS.ClH/c1-12(2)10-28-18-8-7-13(22)9-14(18)21(23,24)20-27-17(11-29-20)19-25-15-5-3-4-6-16(15)26-19;/h3-9,11-12H,10H2,1-2H3,(H,25,26);1H. The largest absolute Gasteiger partial charge is 0.493 e. The van der Waals surface area contributed by atoms with Crippen molar-refractivity contribution in [1.82, 2.24) is 15.0 Å². The summed E-state index contributed by atoms with van der Waals surface area (Å²) >= 11 is 6.87. The third kappa shape index (κ3) is 4.43. The van der Waals surface area contributed by atoms with Crippen LogP contribution in [0.15, 0.2) is 47.8 Å². The first-order valence-corrected chi connectivity index (χ1v) is 10.3. The fraction of sp³-hybridized carbons (Fsp3) is 0.238. The first-order chi connectivity index (χ1) is 13.8. The average Bonchev–Trinajstić information content (AvgIpc) is 3.34. The van der Waals surface area contributed by atoms with E-state index in [1.165, 1.54) is 12.1 Å². The number of nitrogens with one attached hydrogen (secondary N) is 1. The molecule has 2 aromatic heterocycles. The molecule has 0 saturated carbocycles. The normalized spacial score (nSPS) is 11.7. The molecule has 2 aromatic carbocycles. The summed E-state index contributed by atoms with van der Waals surface area (Å²) < 4.78 is 36.3. The van der Waals surface area contributed by atoms with Gasteiger partial charge in [-0.25, -0.2) is 9.97 Å². The number of thiazole rings is 1. The molecule has 4 nitrogen and oxygen atoms in total. The lowest BCUT2D eigenvalue weighted by Crippen LogP contribution is -2.18. The summed E-state index contributed by atoms with van der Waals surface area (Å²) in [7, 11) is 0. The SMILES string of the molecule is CC(C)COc1ccc(Cl)cc1C(F)(F)c1nc(-c2nc3ccccc3[nH]2)cs1.Cl. The highest BCUT2D eigenvalue weighted by Gasteiger charge is 2.40. The number of H-pyrrole nitrogens is 1. The third-order valence-electron chi connectivity index (χ3n) is 4.26. The number of fused-ring (bicyclic) bond motifs is 1. The minimum absolute atomic E-state index is 0. The van der Waals surface area contributed by atoms with E-state index in [1.807, 2.05) is 38.1 Å². The van der Waals surface area contributed by atoms with Crippen LogP contribution < -0.4 is 4.74 Å². The van der Waals surface area contributed by atoms with E-state index in [2.05, 4.69) is 15.0 Å². The van der Waals surface area contributed by atoms with E-state index in [-0.39, 0.29) is 39.7 Å². The summed E-state index contributed by atoms with van der Waals surface area (Å²) in [6, 6.07) is 11.7. The number of imidazole rings is 1. The first kappa shape index (κ1) is 22.5. The Morgan fingerprint density at radius 1 is 1.17 bits per heavy atom. The maximum atomic E-state index is 15.4. The van der Waals surface area contributed by atoms with Gasteiger partial charge in [-0.3, -0.25) is 0 Å². The van der Waals surface area contributed by atoms with E-state index in [0.717, 1.165) is 22.4 Å². The Balaban J connectivity index is 0.00000256. The smallest absolute Gasteiger partial charge is 0.327 e. The van der Waals surface area contributed by atoms with Crippen LogP contribution in [-0.4, -0.2) is 21.6 Å². The minimum atomic E-state index is -3.36. The topological polar surface area (TPSA) is 50.8 Å². The van der Waals surface area contributed by atoms with Crippen LogP contribution >= 0.6 is 35.3 Å². The Bertz CT molecular complexity index is 1130. The van der Waals surface area contributed by atoms with Crippen LogP contribution in [0.1, 0.15) is 24.4 Å². The van der Waals surface area contributed by atoms with Crippen LogP contribution in [0.3, 0.4) is 0 Å². The number of benzene rings is 2. The lowest BCUT2D eigenvalue weighted by molar-refractivity contribution is 0.0388. The third-order valence-corrected chi connectivity index (χ3v) is 5.40. The quantitative estimate of drug-likeness (QED) is 0.332. The molecular formula is C21H19Cl2F2N3OS. The maximum absolute atomic E-state index is 15.4. The Morgan fingerprint density at radius 3 is 2.67 bits per heavy atom. The molecule has 0 aliphatic carbocycles. The fourth-order valence-electron chi connectivity index (χ4n) is 2.85. The maximum Gasteiger partial charge on any atom is 0.327 e. The zero-order valence-electron chi connectivity index (χ0n) is 16.2. The highest BCUT2D eigenvalue weighted by atomic mass is 35.5. The molecule has 2 heterocycles. The summed E-state index contributed by atoms with van der Waals surface area (Å²) in [6.07, 6.45) is 0. The van der Waals surface area contributed by atoms with Gasteiger partial charge in [0.05, 0.1) is 23.2 Å². The Morgan fingerprint density at radius 2 is 1.93 bits per heavy atom. The van der Waals surface area contributed by atoms with Crippen molar-refractivity contribution in [3.8, 4) is 17.3 Å². The Kier molecular flexibility index (Phi) is 6.65. The monoisotopic (exact) mass is 469 g/mol. The second-order valence-corrected chi connectivity index (χ2v) is 8.35. The van der Waals surface area contributed by atoms with Gasteiger partial charge in [-0.05, 0) is 36.2 Å². The molecule has 9 heteroatoms. The van der Waals surface area contributed by atoms with Crippen LogP contribution in [0.2, 0.25) is 5.02 Å². The van der Waals surface area contributed by atoms with Crippen molar-refractivity contribution in [3.05, 3.63) is 63.4 Å². The predicted molar refractivity (Wildman–Crippen MR) is 119 cm³/mol. The fourth-order valence-corrected chi connectivity index (χ4v) is 3.81. The van der Waals surface area contributed by atoms with Crippen molar-refractivity contribution in [2.75, 3.05) is 6.61 Å². The number of hydrogen-bond donors (Lipinski definition) is 1. The molecule has 0 aliphatic rings. The summed E-state index contributed by atoms with van der Waals surface area (Å²) in [5.41, 5.74) is 1.65. The number of nitrogens with zero attached hydrogens (tertiary/aromatic N) is 2. The minimum Gasteiger partial charge on any atom is -0.493 e. The number of alkyl halides is 2. The summed E-state index contributed by atoms with van der Waals surface area (Å²) in [5.74, 6) is -2.60. The van der Waals surface area contributed by atoms with Crippen molar-refractivity contribution < 1.29 is 13.5 Å². The number of rotatable bonds is 6. The van der Waals surface area contributed by atoms with E-state index in [1.54, 1.807) is 11.4 Å². The molecule has 4 aromatic rings. The van der Waals surface area contributed by atoms with Crippen molar-refractivity contribution in [2.24, 2.45) is 5.92 Å². The number of aromatic amines is 1. The number of hydrogen-bond acceptors (Lipinski definition) is 4. The highest BCUT2D eigenvalue weighted by molar-refractivity contribution is 7.10. The van der Waals surface area contributed by atoms with Crippen LogP contribution in [0, 0.1) is 5.92 Å². The molecule has 0 aliphatic heterocycles. The number of ether oxygens (including phenoxy) is 1. The molecule has 0 atom stereocenters. The summed E-state index contributed by atoms with van der Waals surface area (Å²) in [6.45, 7) is 4.23. The molecule has 0 saturated heterocycles. The molecule has 0 spiro atoms. The van der Waals surface area contributed by atoms with Crippen LogP contribution in [0.4, 0.5) is 8.78 Å². The molecule has 0 unspecified atom stereocenters. The van der Waals surface area contributed by atoms with Crippen molar-refractivity contribution in [3.63, 3.8) is 0 Å². The van der Waals surface area contributed by atoms with Crippen LogP contribution in [0.25, 0.3) is 22.6 Å². The number of para-hydroxylation sites is 2. The predicted octanol–water partition coefficient (Wildman–Crippen LogP) is 6.94. The zero-order chi connectivity index (χ0) is 20.6. The van der Waals surface area contributed by atoms with Gasteiger partial charge in [-0.2, -0.15) is 8.78 Å². The molecule has 158 valence electrons. The highest BCUT2D eigenvalue weighted by Crippen LogP contribution is 2.43.